The number of anilines is 1. The van der Waals surface area contributed by atoms with Gasteiger partial charge in [-0.15, -0.1) is 11.3 Å². The van der Waals surface area contributed by atoms with Crippen LogP contribution in [-0.2, 0) is 11.2 Å². The standard InChI is InChI=1S/C24H30N2O4S/c1-3-4-5-9-21(28)17-10-12-18(13-11-17)26-20(23(29)25-24(26)30)8-6-7-19-14-15-22(31-19)16(2)27/h10-15,20-21,28H,3-9H2,1-2H3,(H,25,29,30)/t20-,21-/m0/s1. The number of Topliss-reactive ketones (excluding diaryl/α,β-unsaturated/α-hetero) is 1. The Morgan fingerprint density at radius 2 is 1.87 bits per heavy atom. The molecule has 0 unspecified atom stereocenters. The first-order chi connectivity index (χ1) is 14.9. The molecule has 1 aliphatic heterocycles. The first-order valence-electron chi connectivity index (χ1n) is 10.9. The zero-order valence-electron chi connectivity index (χ0n) is 18.1. The van der Waals surface area contributed by atoms with Crippen molar-refractivity contribution in [1.29, 1.82) is 0 Å². The van der Waals surface area contributed by atoms with Gasteiger partial charge in [0.05, 0.1) is 11.0 Å². The van der Waals surface area contributed by atoms with Gasteiger partial charge >= 0.3 is 6.03 Å². The van der Waals surface area contributed by atoms with E-state index >= 15 is 0 Å². The predicted octanol–water partition coefficient (Wildman–Crippen LogP) is 5.01. The van der Waals surface area contributed by atoms with Crippen LogP contribution in [0.3, 0.4) is 0 Å². The molecule has 2 atom stereocenters. The number of unbranched alkanes of at least 4 members (excludes halogenated alkanes) is 2. The Morgan fingerprint density at radius 1 is 1.13 bits per heavy atom. The van der Waals surface area contributed by atoms with Gasteiger partial charge in [-0.2, -0.15) is 0 Å². The number of amides is 3. The number of nitrogens with zero attached hydrogens (tertiary/aromatic N) is 1. The molecule has 6 nitrogen and oxygen atoms in total. The number of imide groups is 1. The lowest BCUT2D eigenvalue weighted by molar-refractivity contribution is -0.120. The summed E-state index contributed by atoms with van der Waals surface area (Å²) in [6.45, 7) is 3.68. The molecule has 2 N–H and O–H groups in total. The van der Waals surface area contributed by atoms with Gasteiger partial charge < -0.3 is 5.11 Å². The molecule has 1 saturated heterocycles. The minimum absolute atomic E-state index is 0.0575. The second-order valence-electron chi connectivity index (χ2n) is 8.00. The summed E-state index contributed by atoms with van der Waals surface area (Å²) in [6.07, 6.45) is 5.39. The van der Waals surface area contributed by atoms with Crippen molar-refractivity contribution in [3.05, 3.63) is 51.7 Å². The molecule has 1 aliphatic rings. The number of ketones is 1. The minimum Gasteiger partial charge on any atom is -0.388 e. The lowest BCUT2D eigenvalue weighted by Crippen LogP contribution is -2.35. The molecule has 2 heterocycles. The van der Waals surface area contributed by atoms with Crippen molar-refractivity contribution >= 4 is 34.7 Å². The molecule has 0 aliphatic carbocycles. The third kappa shape index (κ3) is 5.80. The zero-order valence-corrected chi connectivity index (χ0v) is 18.9. The van der Waals surface area contributed by atoms with Gasteiger partial charge in [-0.1, -0.05) is 38.3 Å². The topological polar surface area (TPSA) is 86.7 Å². The fraction of sp³-hybridized carbons (Fsp3) is 0.458. The summed E-state index contributed by atoms with van der Waals surface area (Å²) in [4.78, 5) is 39.6. The smallest absolute Gasteiger partial charge is 0.329 e. The van der Waals surface area contributed by atoms with Gasteiger partial charge in [0.15, 0.2) is 5.78 Å². The fourth-order valence-electron chi connectivity index (χ4n) is 3.85. The molecule has 3 amide bonds. The third-order valence-electron chi connectivity index (χ3n) is 5.61. The average molecular weight is 443 g/mol. The van der Waals surface area contributed by atoms with Gasteiger partial charge in [0.1, 0.15) is 6.04 Å². The van der Waals surface area contributed by atoms with E-state index in [0.717, 1.165) is 47.4 Å². The molecular weight excluding hydrogens is 412 g/mol. The number of rotatable bonds is 11. The van der Waals surface area contributed by atoms with E-state index in [0.29, 0.717) is 18.5 Å². The number of aliphatic hydroxyl groups is 1. The van der Waals surface area contributed by atoms with Crippen molar-refractivity contribution in [2.75, 3.05) is 4.90 Å². The number of hydrogen-bond donors (Lipinski definition) is 2. The maximum atomic E-state index is 12.4. The molecule has 0 spiro atoms. The number of nitrogens with one attached hydrogen (secondary N) is 1. The van der Waals surface area contributed by atoms with Crippen LogP contribution in [0.5, 0.6) is 0 Å². The number of carbonyl (C=O) groups is 3. The molecule has 3 rings (SSSR count). The molecule has 0 saturated carbocycles. The summed E-state index contributed by atoms with van der Waals surface area (Å²) in [5, 5.41) is 12.8. The lowest BCUT2D eigenvalue weighted by atomic mass is 10.0. The summed E-state index contributed by atoms with van der Waals surface area (Å²) >= 11 is 1.48. The Balaban J connectivity index is 1.62. The zero-order chi connectivity index (χ0) is 22.4. The van der Waals surface area contributed by atoms with Crippen LogP contribution in [0.2, 0.25) is 0 Å². The SMILES string of the molecule is CCCCC[C@H](O)c1ccc(N2C(=O)NC(=O)[C@@H]2CCCc2ccc(C(C)=O)s2)cc1. The van der Waals surface area contributed by atoms with Gasteiger partial charge in [-0.25, -0.2) is 4.79 Å². The van der Waals surface area contributed by atoms with Gasteiger partial charge in [-0.05, 0) is 62.4 Å². The van der Waals surface area contributed by atoms with Crippen LogP contribution in [-0.4, -0.2) is 28.9 Å². The van der Waals surface area contributed by atoms with E-state index in [2.05, 4.69) is 12.2 Å². The number of benzene rings is 1. The number of thiophene rings is 1. The first-order valence-corrected chi connectivity index (χ1v) is 11.7. The predicted molar refractivity (Wildman–Crippen MR) is 123 cm³/mol. The highest BCUT2D eigenvalue weighted by Crippen LogP contribution is 2.28. The Kier molecular flexibility index (Phi) is 7.98. The maximum Gasteiger partial charge on any atom is 0.329 e. The fourth-order valence-corrected chi connectivity index (χ4v) is 4.79. The van der Waals surface area contributed by atoms with Crippen molar-refractivity contribution in [1.82, 2.24) is 5.32 Å². The second-order valence-corrected chi connectivity index (χ2v) is 9.17. The summed E-state index contributed by atoms with van der Waals surface area (Å²) in [7, 11) is 0. The summed E-state index contributed by atoms with van der Waals surface area (Å²) < 4.78 is 0. The van der Waals surface area contributed by atoms with Crippen LogP contribution in [0, 0.1) is 0 Å². The molecule has 31 heavy (non-hydrogen) atoms. The van der Waals surface area contributed by atoms with Crippen molar-refractivity contribution in [3.63, 3.8) is 0 Å². The maximum absolute atomic E-state index is 12.4. The van der Waals surface area contributed by atoms with Crippen LogP contribution < -0.4 is 10.2 Å². The van der Waals surface area contributed by atoms with Gasteiger partial charge in [0.25, 0.3) is 5.91 Å². The third-order valence-corrected chi connectivity index (χ3v) is 6.86. The number of urea groups is 1. The van der Waals surface area contributed by atoms with Crippen molar-refractivity contribution in [3.8, 4) is 0 Å². The van der Waals surface area contributed by atoms with E-state index < -0.39 is 18.2 Å². The van der Waals surface area contributed by atoms with Crippen LogP contribution in [0.4, 0.5) is 10.5 Å². The van der Waals surface area contributed by atoms with Crippen LogP contribution in [0.1, 0.15) is 78.6 Å². The van der Waals surface area contributed by atoms with Gasteiger partial charge in [-0.3, -0.25) is 19.8 Å². The number of aliphatic hydroxyl groups excluding tert-OH is 1. The molecule has 166 valence electrons. The Labute approximate surface area is 187 Å². The summed E-state index contributed by atoms with van der Waals surface area (Å²) in [5.41, 5.74) is 1.47. The Bertz CT molecular complexity index is 922. The van der Waals surface area contributed by atoms with E-state index in [1.54, 1.807) is 19.1 Å². The Morgan fingerprint density at radius 3 is 2.52 bits per heavy atom. The molecule has 0 radical (unpaired) electrons. The van der Waals surface area contributed by atoms with E-state index in [1.165, 1.54) is 16.2 Å². The minimum atomic E-state index is -0.555. The summed E-state index contributed by atoms with van der Waals surface area (Å²) in [6, 6.07) is 10.1. The largest absolute Gasteiger partial charge is 0.388 e. The van der Waals surface area contributed by atoms with E-state index in [-0.39, 0.29) is 11.7 Å². The van der Waals surface area contributed by atoms with Gasteiger partial charge in [0.2, 0.25) is 0 Å². The molecule has 1 aromatic carbocycles. The molecule has 1 aromatic heterocycles. The molecular formula is C24H30N2O4S. The normalized spacial score (nSPS) is 17.1. The quantitative estimate of drug-likeness (QED) is 0.291. The first kappa shape index (κ1) is 23.2. The van der Waals surface area contributed by atoms with Crippen molar-refractivity contribution in [2.45, 2.75) is 70.9 Å². The molecule has 0 bridgehead atoms. The monoisotopic (exact) mass is 442 g/mol. The molecule has 1 fully saturated rings. The highest BCUT2D eigenvalue weighted by atomic mass is 32.1. The van der Waals surface area contributed by atoms with E-state index in [4.69, 9.17) is 0 Å². The molecule has 2 aromatic rings. The molecule has 7 heteroatoms. The van der Waals surface area contributed by atoms with Gasteiger partial charge in [0, 0.05) is 10.6 Å². The van der Waals surface area contributed by atoms with Crippen molar-refractivity contribution < 1.29 is 19.5 Å². The van der Waals surface area contributed by atoms with E-state index in [1.807, 2.05) is 24.3 Å². The number of aryl methyl sites for hydroxylation is 1. The highest BCUT2D eigenvalue weighted by molar-refractivity contribution is 7.14. The lowest BCUT2D eigenvalue weighted by Gasteiger charge is -2.22. The average Bonchev–Trinajstić information content (AvgIpc) is 3.33. The van der Waals surface area contributed by atoms with Crippen LogP contribution >= 0.6 is 11.3 Å². The number of hydrogen-bond acceptors (Lipinski definition) is 5. The second kappa shape index (κ2) is 10.7. The highest BCUT2D eigenvalue weighted by Gasteiger charge is 2.38. The van der Waals surface area contributed by atoms with Crippen LogP contribution in [0.15, 0.2) is 36.4 Å². The van der Waals surface area contributed by atoms with E-state index in [9.17, 15) is 19.5 Å². The summed E-state index contributed by atoms with van der Waals surface area (Å²) in [5.74, 6) is -0.230. The Hall–Kier alpha value is -2.51. The number of carbonyl (C=O) groups excluding carboxylic acids is 3. The van der Waals surface area contributed by atoms with Crippen molar-refractivity contribution in [2.24, 2.45) is 0 Å². The van der Waals surface area contributed by atoms with Crippen LogP contribution in [0.25, 0.3) is 0 Å².